The van der Waals surface area contributed by atoms with E-state index < -0.39 is 22.2 Å². The minimum atomic E-state index is -1.60. The van der Waals surface area contributed by atoms with Crippen molar-refractivity contribution >= 4 is 23.0 Å². The van der Waals surface area contributed by atoms with Crippen LogP contribution in [0.2, 0.25) is 0 Å². The largest absolute Gasteiger partial charge is 1.00 e. The van der Waals surface area contributed by atoms with Gasteiger partial charge >= 0.3 is 29.6 Å². The van der Waals surface area contributed by atoms with Crippen LogP contribution in [0.3, 0.4) is 0 Å². The summed E-state index contributed by atoms with van der Waals surface area (Å²) in [6, 6.07) is 8.81. The van der Waals surface area contributed by atoms with Crippen LogP contribution in [0.4, 0.5) is 17.1 Å². The average Bonchev–Trinajstić information content (AvgIpc) is 2.46. The number of non-ortho nitro benzene ring substituents is 1. The topological polar surface area (TPSA) is 131 Å². The number of nitrogens with zero attached hydrogens (tertiary/aromatic N) is 3. The molecule has 106 valence electrons. The van der Waals surface area contributed by atoms with Gasteiger partial charge in [-0.2, -0.15) is 10.2 Å². The van der Waals surface area contributed by atoms with Crippen molar-refractivity contribution in [3.63, 3.8) is 0 Å². The number of hydrogen-bond donors (Lipinski definition) is 0. The van der Waals surface area contributed by atoms with Gasteiger partial charge in [-0.3, -0.25) is 10.1 Å². The molecular formula is C13H7N3NaO5-. The van der Waals surface area contributed by atoms with Crippen molar-refractivity contribution in [3.8, 4) is 5.75 Å². The van der Waals surface area contributed by atoms with Gasteiger partial charge in [0.2, 0.25) is 0 Å². The van der Waals surface area contributed by atoms with Crippen LogP contribution in [0.15, 0.2) is 52.7 Å². The summed E-state index contributed by atoms with van der Waals surface area (Å²) in [6.45, 7) is 0. The van der Waals surface area contributed by atoms with Gasteiger partial charge in [-0.1, -0.05) is 17.9 Å². The van der Waals surface area contributed by atoms with E-state index >= 15 is 0 Å². The second-order valence-electron chi connectivity index (χ2n) is 3.94. The number of benzene rings is 2. The fraction of sp³-hybridized carbons (Fsp3) is 0. The van der Waals surface area contributed by atoms with Crippen molar-refractivity contribution in [3.05, 3.63) is 58.1 Å². The number of aromatic carboxylic acids is 1. The molecule has 0 radical (unpaired) electrons. The number of hydrogen-bond acceptors (Lipinski definition) is 7. The summed E-state index contributed by atoms with van der Waals surface area (Å²) in [5, 5.41) is 40.0. The van der Waals surface area contributed by atoms with Crippen molar-refractivity contribution in [2.45, 2.75) is 0 Å². The van der Waals surface area contributed by atoms with Crippen LogP contribution in [0.25, 0.3) is 0 Å². The first-order valence-electron chi connectivity index (χ1n) is 5.66. The number of carboxylic acids is 1. The van der Waals surface area contributed by atoms with E-state index in [1.807, 2.05) is 0 Å². The molecule has 0 spiro atoms. The molecule has 9 heteroatoms. The van der Waals surface area contributed by atoms with Crippen molar-refractivity contribution in [2.24, 2.45) is 10.2 Å². The molecular weight excluding hydrogens is 301 g/mol. The predicted octanol–water partition coefficient (Wildman–Crippen LogP) is -1.55. The van der Waals surface area contributed by atoms with Crippen molar-refractivity contribution < 1.29 is 49.5 Å². The van der Waals surface area contributed by atoms with Crippen molar-refractivity contribution in [2.75, 3.05) is 0 Å². The number of carbonyl (C=O) groups excluding carboxylic acids is 1. The van der Waals surface area contributed by atoms with Crippen molar-refractivity contribution in [1.29, 1.82) is 0 Å². The SMILES string of the molecule is O=C([O-])c1cc(N=Nc2cccc([N+](=O)[O-])c2)ccc1[O-].[Na+]. The van der Waals surface area contributed by atoms with Gasteiger partial charge < -0.3 is 15.0 Å². The van der Waals surface area contributed by atoms with E-state index in [1.165, 1.54) is 30.3 Å². The van der Waals surface area contributed by atoms with E-state index in [4.69, 9.17) is 0 Å². The molecule has 0 saturated heterocycles. The van der Waals surface area contributed by atoms with Gasteiger partial charge in [-0.15, -0.1) is 0 Å². The van der Waals surface area contributed by atoms with Gasteiger partial charge in [0, 0.05) is 12.1 Å². The van der Waals surface area contributed by atoms with Crippen LogP contribution in [-0.2, 0) is 0 Å². The Morgan fingerprint density at radius 3 is 2.27 bits per heavy atom. The minimum absolute atomic E-state index is 0. The first-order valence-corrected chi connectivity index (χ1v) is 5.66. The zero-order chi connectivity index (χ0) is 15.4. The molecule has 2 aromatic rings. The molecule has 8 nitrogen and oxygen atoms in total. The van der Waals surface area contributed by atoms with E-state index in [-0.39, 0.29) is 46.6 Å². The Labute approximate surface area is 146 Å². The predicted molar refractivity (Wildman–Crippen MR) is 67.5 cm³/mol. The molecule has 0 aromatic heterocycles. The van der Waals surface area contributed by atoms with E-state index in [2.05, 4.69) is 10.2 Å². The van der Waals surface area contributed by atoms with Crippen LogP contribution in [-0.4, -0.2) is 10.9 Å². The molecule has 0 unspecified atom stereocenters. The van der Waals surface area contributed by atoms with Crippen LogP contribution >= 0.6 is 0 Å². The standard InChI is InChI=1S/C13H9N3O5.Na/c17-12-5-4-9(7-11(12)13(18)19)15-14-8-2-1-3-10(6-8)16(20)21;/h1-7,17H,(H,18,19);/q;+1/p-2. The maximum atomic E-state index is 11.2. The molecule has 0 bridgehead atoms. The number of rotatable bonds is 4. The molecule has 2 aromatic carbocycles. The molecule has 0 aliphatic heterocycles. The van der Waals surface area contributed by atoms with Crippen LogP contribution < -0.4 is 39.8 Å². The molecule has 0 aliphatic rings. The molecule has 0 heterocycles. The molecule has 0 atom stereocenters. The fourth-order valence-corrected chi connectivity index (χ4v) is 1.52. The van der Waals surface area contributed by atoms with Crippen molar-refractivity contribution in [1.82, 2.24) is 0 Å². The first kappa shape index (κ1) is 17.8. The van der Waals surface area contributed by atoms with E-state index in [0.29, 0.717) is 0 Å². The summed E-state index contributed by atoms with van der Waals surface area (Å²) >= 11 is 0. The molecule has 2 rings (SSSR count). The Hall–Kier alpha value is -2.29. The summed E-state index contributed by atoms with van der Waals surface area (Å²) < 4.78 is 0. The quantitative estimate of drug-likeness (QED) is 0.292. The summed E-state index contributed by atoms with van der Waals surface area (Å²) in [4.78, 5) is 20.8. The summed E-state index contributed by atoms with van der Waals surface area (Å²) in [6.07, 6.45) is 0. The van der Waals surface area contributed by atoms with Gasteiger partial charge in [-0.25, -0.2) is 0 Å². The molecule has 0 fully saturated rings. The molecule has 22 heavy (non-hydrogen) atoms. The summed E-state index contributed by atoms with van der Waals surface area (Å²) in [5.41, 5.74) is -0.312. The van der Waals surface area contributed by atoms with Crippen LogP contribution in [0.1, 0.15) is 10.4 Å². The minimum Gasteiger partial charge on any atom is -0.872 e. The van der Waals surface area contributed by atoms with Crippen LogP contribution in [0.5, 0.6) is 5.75 Å². The Morgan fingerprint density at radius 1 is 1.05 bits per heavy atom. The van der Waals surface area contributed by atoms with Gasteiger partial charge in [-0.05, 0) is 23.8 Å². The smallest absolute Gasteiger partial charge is 0.872 e. The Bertz CT molecular complexity index is 748. The zero-order valence-corrected chi connectivity index (χ0v) is 13.4. The average molecular weight is 308 g/mol. The van der Waals surface area contributed by atoms with Gasteiger partial charge in [0.25, 0.3) is 5.69 Å². The number of azo groups is 1. The monoisotopic (exact) mass is 308 g/mol. The Balaban J connectivity index is 0.00000242. The zero-order valence-electron chi connectivity index (χ0n) is 11.4. The third kappa shape index (κ3) is 4.35. The van der Waals surface area contributed by atoms with Gasteiger partial charge in [0.15, 0.2) is 0 Å². The van der Waals surface area contributed by atoms with Gasteiger partial charge in [0.1, 0.15) is 0 Å². The number of carbonyl (C=O) groups is 1. The third-order valence-electron chi connectivity index (χ3n) is 2.50. The van der Waals surface area contributed by atoms with E-state index in [1.54, 1.807) is 0 Å². The molecule has 0 N–H and O–H groups in total. The number of nitro benzene ring substituents is 1. The van der Waals surface area contributed by atoms with Crippen LogP contribution in [0, 0.1) is 10.1 Å². The van der Waals surface area contributed by atoms with Gasteiger partial charge in [0.05, 0.1) is 22.3 Å². The third-order valence-corrected chi connectivity index (χ3v) is 2.50. The molecule has 0 amide bonds. The summed E-state index contributed by atoms with van der Waals surface area (Å²) in [7, 11) is 0. The first-order chi connectivity index (χ1) is 9.97. The number of nitro groups is 1. The van der Waals surface area contributed by atoms with E-state index in [9.17, 15) is 25.1 Å². The maximum absolute atomic E-state index is 11.2. The Kier molecular flexibility index (Phi) is 6.17. The Morgan fingerprint density at radius 2 is 1.68 bits per heavy atom. The molecule has 0 saturated carbocycles. The summed E-state index contributed by atoms with van der Waals surface area (Å²) in [5.74, 6) is -2.29. The second-order valence-corrected chi connectivity index (χ2v) is 3.94. The normalized spacial score (nSPS) is 10.2. The second kappa shape index (κ2) is 7.64. The fourth-order valence-electron chi connectivity index (χ4n) is 1.52. The number of carboxylic acid groups (broad SMARTS) is 1. The van der Waals surface area contributed by atoms with E-state index in [0.717, 1.165) is 12.1 Å². The maximum Gasteiger partial charge on any atom is 1.00 e. The molecule has 0 aliphatic carbocycles.